The van der Waals surface area contributed by atoms with Gasteiger partial charge in [-0.05, 0) is 19.4 Å². The van der Waals surface area contributed by atoms with Gasteiger partial charge in [0.2, 0.25) is 0 Å². The minimum atomic E-state index is -0.176. The summed E-state index contributed by atoms with van der Waals surface area (Å²) in [6.07, 6.45) is 2.08. The van der Waals surface area contributed by atoms with Gasteiger partial charge in [0.25, 0.3) is 5.91 Å². The average molecular weight is 308 g/mol. The quantitative estimate of drug-likeness (QED) is 0.912. The number of aromatic nitrogens is 1. The molecule has 1 unspecified atom stereocenters. The third-order valence-corrected chi connectivity index (χ3v) is 3.43. The highest BCUT2D eigenvalue weighted by molar-refractivity contribution is 5.93. The van der Waals surface area contributed by atoms with Gasteiger partial charge in [-0.1, -0.05) is 35.5 Å². The van der Waals surface area contributed by atoms with Gasteiger partial charge in [-0.25, -0.2) is 0 Å². The van der Waals surface area contributed by atoms with Crippen LogP contribution in [0.25, 0.3) is 11.3 Å². The summed E-state index contributed by atoms with van der Waals surface area (Å²) >= 11 is 0. The fourth-order valence-electron chi connectivity index (χ4n) is 2.36. The summed E-state index contributed by atoms with van der Waals surface area (Å²) in [7, 11) is 0. The van der Waals surface area contributed by atoms with E-state index in [1.165, 1.54) is 0 Å². The molecule has 1 saturated heterocycles. The van der Waals surface area contributed by atoms with Gasteiger partial charge in [0.05, 0.1) is 0 Å². The summed E-state index contributed by atoms with van der Waals surface area (Å²) in [5, 5.41) is 10.1. The van der Waals surface area contributed by atoms with Gasteiger partial charge in [0.1, 0.15) is 0 Å². The molecule has 0 spiro atoms. The molecular weight excluding hydrogens is 290 g/mol. The van der Waals surface area contributed by atoms with Crippen molar-refractivity contribution >= 4 is 18.3 Å². The molecule has 2 N–H and O–H groups in total. The summed E-state index contributed by atoms with van der Waals surface area (Å²) in [4.78, 5) is 12.1. The first-order chi connectivity index (χ1) is 9.83. The molecule has 1 aliphatic rings. The molecule has 2 heterocycles. The highest BCUT2D eigenvalue weighted by Gasteiger charge is 2.19. The van der Waals surface area contributed by atoms with Crippen molar-refractivity contribution in [1.29, 1.82) is 0 Å². The summed E-state index contributed by atoms with van der Waals surface area (Å²) < 4.78 is 5.23. The fraction of sp³-hybridized carbons (Fsp3) is 0.333. The molecule has 0 saturated carbocycles. The number of hydrogen-bond acceptors (Lipinski definition) is 4. The van der Waals surface area contributed by atoms with Crippen LogP contribution in [0.2, 0.25) is 0 Å². The summed E-state index contributed by atoms with van der Waals surface area (Å²) in [5.74, 6) is 0.433. The lowest BCUT2D eigenvalue weighted by Crippen LogP contribution is -2.45. The first kappa shape index (κ1) is 15.5. The number of hydrogen-bond donors (Lipinski definition) is 2. The van der Waals surface area contributed by atoms with Crippen LogP contribution in [0, 0.1) is 0 Å². The summed E-state index contributed by atoms with van der Waals surface area (Å²) in [5.41, 5.74) is 1.24. The van der Waals surface area contributed by atoms with Gasteiger partial charge in [0.15, 0.2) is 11.5 Å². The van der Waals surface area contributed by atoms with E-state index in [0.717, 1.165) is 31.5 Å². The van der Waals surface area contributed by atoms with Gasteiger partial charge in [-0.2, -0.15) is 0 Å². The normalized spacial score (nSPS) is 17.8. The van der Waals surface area contributed by atoms with Crippen LogP contribution in [-0.2, 0) is 0 Å². The zero-order chi connectivity index (χ0) is 13.8. The molecule has 3 rings (SSSR count). The minimum absolute atomic E-state index is 0. The molecule has 1 atom stereocenters. The van der Waals surface area contributed by atoms with Crippen LogP contribution in [-0.4, -0.2) is 30.2 Å². The lowest BCUT2D eigenvalue weighted by atomic mass is 10.1. The number of rotatable bonds is 3. The van der Waals surface area contributed by atoms with E-state index in [-0.39, 0.29) is 24.4 Å². The summed E-state index contributed by atoms with van der Waals surface area (Å²) in [6, 6.07) is 11.5. The number of benzene rings is 1. The van der Waals surface area contributed by atoms with E-state index in [4.69, 9.17) is 4.52 Å². The molecule has 0 bridgehead atoms. The largest absolute Gasteiger partial charge is 0.355 e. The first-order valence-electron chi connectivity index (χ1n) is 6.86. The average Bonchev–Trinajstić information content (AvgIpc) is 2.99. The third-order valence-electron chi connectivity index (χ3n) is 3.43. The van der Waals surface area contributed by atoms with Gasteiger partial charge < -0.3 is 15.2 Å². The topological polar surface area (TPSA) is 67.2 Å². The maximum Gasteiger partial charge on any atom is 0.273 e. The van der Waals surface area contributed by atoms with Crippen molar-refractivity contribution in [2.75, 3.05) is 13.1 Å². The van der Waals surface area contributed by atoms with Crippen molar-refractivity contribution < 1.29 is 9.32 Å². The second-order valence-electron chi connectivity index (χ2n) is 4.96. The molecule has 2 aromatic rings. The van der Waals surface area contributed by atoms with E-state index in [9.17, 15) is 4.79 Å². The summed E-state index contributed by atoms with van der Waals surface area (Å²) in [6.45, 7) is 1.84. The van der Waals surface area contributed by atoms with Gasteiger partial charge in [0, 0.05) is 24.2 Å². The number of carbonyl (C=O) groups is 1. The molecule has 6 heteroatoms. The van der Waals surface area contributed by atoms with Gasteiger partial charge >= 0.3 is 0 Å². The van der Waals surface area contributed by atoms with E-state index in [0.29, 0.717) is 11.5 Å². The molecule has 1 aliphatic heterocycles. The van der Waals surface area contributed by atoms with E-state index in [2.05, 4.69) is 15.8 Å². The Labute approximate surface area is 129 Å². The van der Waals surface area contributed by atoms with E-state index >= 15 is 0 Å². The Morgan fingerprint density at radius 1 is 1.33 bits per heavy atom. The van der Waals surface area contributed by atoms with E-state index < -0.39 is 0 Å². The second kappa shape index (κ2) is 7.24. The van der Waals surface area contributed by atoms with E-state index in [1.54, 1.807) is 6.07 Å². The van der Waals surface area contributed by atoms with E-state index in [1.807, 2.05) is 30.3 Å². The fourth-order valence-corrected chi connectivity index (χ4v) is 2.36. The molecule has 0 aliphatic carbocycles. The number of halogens is 1. The second-order valence-corrected chi connectivity index (χ2v) is 4.96. The molecule has 1 aromatic carbocycles. The smallest absolute Gasteiger partial charge is 0.273 e. The van der Waals surface area contributed by atoms with Crippen LogP contribution in [0.15, 0.2) is 40.9 Å². The maximum atomic E-state index is 12.1. The number of piperidine rings is 1. The van der Waals surface area contributed by atoms with Crippen LogP contribution in [0.5, 0.6) is 0 Å². The first-order valence-corrected chi connectivity index (χ1v) is 6.86. The molecule has 1 aromatic heterocycles. The van der Waals surface area contributed by atoms with Crippen LogP contribution >= 0.6 is 12.4 Å². The van der Waals surface area contributed by atoms with Gasteiger partial charge in [-0.15, -0.1) is 12.4 Å². The number of nitrogens with zero attached hydrogens (tertiary/aromatic N) is 1. The molecule has 0 radical (unpaired) electrons. The molecule has 5 nitrogen and oxygen atoms in total. The predicted molar refractivity (Wildman–Crippen MR) is 82.5 cm³/mol. The molecule has 1 fully saturated rings. The predicted octanol–water partition coefficient (Wildman–Crippen LogP) is 2.25. The lowest BCUT2D eigenvalue weighted by Gasteiger charge is -2.23. The van der Waals surface area contributed by atoms with Crippen molar-refractivity contribution in [2.45, 2.75) is 18.9 Å². The Balaban J connectivity index is 0.00000161. The lowest BCUT2D eigenvalue weighted by molar-refractivity contribution is 0.0921. The van der Waals surface area contributed by atoms with Gasteiger partial charge in [-0.3, -0.25) is 4.79 Å². The standard InChI is InChI=1S/C15H17N3O2.ClH/c19-15(17-12-7-4-8-16-10-12)13-9-14(20-18-13)11-5-2-1-3-6-11;/h1-3,5-6,9,12,16H,4,7-8,10H2,(H,17,19);1H. The molecule has 1 amide bonds. The molecular formula is C15H18ClN3O2. The van der Waals surface area contributed by atoms with Crippen LogP contribution in [0.3, 0.4) is 0 Å². The molecule has 112 valence electrons. The van der Waals surface area contributed by atoms with Crippen LogP contribution in [0.1, 0.15) is 23.3 Å². The minimum Gasteiger partial charge on any atom is -0.355 e. The Morgan fingerprint density at radius 3 is 2.86 bits per heavy atom. The Bertz CT molecular complexity index is 580. The zero-order valence-corrected chi connectivity index (χ0v) is 12.4. The van der Waals surface area contributed by atoms with Crippen molar-refractivity contribution in [1.82, 2.24) is 15.8 Å². The van der Waals surface area contributed by atoms with Crippen LogP contribution < -0.4 is 10.6 Å². The van der Waals surface area contributed by atoms with Crippen molar-refractivity contribution in [3.63, 3.8) is 0 Å². The Morgan fingerprint density at radius 2 is 2.14 bits per heavy atom. The highest BCUT2D eigenvalue weighted by Crippen LogP contribution is 2.19. The number of amides is 1. The third kappa shape index (κ3) is 3.83. The number of nitrogens with one attached hydrogen (secondary N) is 2. The van der Waals surface area contributed by atoms with Crippen molar-refractivity contribution in [3.8, 4) is 11.3 Å². The number of carbonyl (C=O) groups excluding carboxylic acids is 1. The Kier molecular flexibility index (Phi) is 5.36. The van der Waals surface area contributed by atoms with Crippen molar-refractivity contribution in [2.24, 2.45) is 0 Å². The highest BCUT2D eigenvalue weighted by atomic mass is 35.5. The molecule has 21 heavy (non-hydrogen) atoms. The Hall–Kier alpha value is -1.85. The SMILES string of the molecule is Cl.O=C(NC1CCCNC1)c1cc(-c2ccccc2)on1. The van der Waals surface area contributed by atoms with Crippen molar-refractivity contribution in [3.05, 3.63) is 42.1 Å². The zero-order valence-electron chi connectivity index (χ0n) is 11.5. The maximum absolute atomic E-state index is 12.1. The monoisotopic (exact) mass is 307 g/mol. The van der Waals surface area contributed by atoms with Crippen LogP contribution in [0.4, 0.5) is 0 Å².